The average molecular weight is 284 g/mol. The highest BCUT2D eigenvalue weighted by Gasteiger charge is 2.30. The molecule has 0 saturated heterocycles. The van der Waals surface area contributed by atoms with Crippen LogP contribution in [0.5, 0.6) is 0 Å². The summed E-state index contributed by atoms with van der Waals surface area (Å²) in [4.78, 5) is 10.2. The molecule has 0 unspecified atom stereocenters. The number of aliphatic hydroxyl groups excluding tert-OH is 1. The van der Waals surface area contributed by atoms with E-state index >= 15 is 0 Å². The van der Waals surface area contributed by atoms with E-state index in [9.17, 15) is 15.2 Å². The van der Waals surface area contributed by atoms with Crippen LogP contribution in [0.3, 0.4) is 0 Å². The second-order valence-corrected chi connectivity index (χ2v) is 6.26. The average Bonchev–Trinajstić information content (AvgIpc) is 2.89. The molecule has 0 radical (unpaired) electrons. The Bertz CT molecular complexity index is 427. The van der Waals surface area contributed by atoms with Gasteiger partial charge in [0.2, 0.25) is 0 Å². The minimum absolute atomic E-state index is 0.0141. The molecular formula is C13H20N2O3S. The highest BCUT2D eigenvalue weighted by atomic mass is 32.1. The largest absolute Gasteiger partial charge is 0.396 e. The summed E-state index contributed by atoms with van der Waals surface area (Å²) in [6.45, 7) is 1.64. The van der Waals surface area contributed by atoms with Crippen molar-refractivity contribution in [2.45, 2.75) is 38.6 Å². The lowest BCUT2D eigenvalue weighted by molar-refractivity contribution is -0.380. The summed E-state index contributed by atoms with van der Waals surface area (Å²) in [5, 5.41) is 25.5. The minimum atomic E-state index is -0.357. The summed E-state index contributed by atoms with van der Waals surface area (Å²) in [5.74, 6) is 0. The molecule has 1 aromatic heterocycles. The minimum Gasteiger partial charge on any atom is -0.396 e. The van der Waals surface area contributed by atoms with Crippen molar-refractivity contribution in [1.29, 1.82) is 0 Å². The number of aliphatic hydroxyl groups is 1. The van der Waals surface area contributed by atoms with Gasteiger partial charge in [-0.25, -0.2) is 0 Å². The maximum atomic E-state index is 10.6. The Hall–Kier alpha value is -0.980. The van der Waals surface area contributed by atoms with E-state index < -0.39 is 0 Å². The zero-order valence-corrected chi connectivity index (χ0v) is 11.7. The summed E-state index contributed by atoms with van der Waals surface area (Å²) in [6.07, 6.45) is 5.78. The monoisotopic (exact) mass is 284 g/mol. The number of nitrogens with zero attached hydrogens (tertiary/aromatic N) is 1. The first-order valence-corrected chi connectivity index (χ1v) is 7.57. The predicted molar refractivity (Wildman–Crippen MR) is 75.3 cm³/mol. The lowest BCUT2D eigenvalue weighted by Crippen LogP contribution is -2.38. The van der Waals surface area contributed by atoms with E-state index in [1.165, 1.54) is 19.3 Å². The molecule has 1 saturated carbocycles. The topological polar surface area (TPSA) is 75.4 Å². The summed E-state index contributed by atoms with van der Waals surface area (Å²) < 4.78 is 0. The van der Waals surface area contributed by atoms with Crippen LogP contribution in [0.2, 0.25) is 0 Å². The lowest BCUT2D eigenvalue weighted by atomic mass is 9.74. The fraction of sp³-hybridized carbons (Fsp3) is 0.692. The van der Waals surface area contributed by atoms with Gasteiger partial charge in [-0.3, -0.25) is 10.1 Å². The van der Waals surface area contributed by atoms with Crippen molar-refractivity contribution < 1.29 is 10.0 Å². The summed E-state index contributed by atoms with van der Waals surface area (Å²) in [5.41, 5.74) is 0.959. The maximum Gasteiger partial charge on any atom is 0.324 e. The van der Waals surface area contributed by atoms with Crippen molar-refractivity contribution in [3.05, 3.63) is 27.1 Å². The molecule has 106 valence electrons. The van der Waals surface area contributed by atoms with Crippen molar-refractivity contribution >= 4 is 16.3 Å². The van der Waals surface area contributed by atoms with Gasteiger partial charge in [-0.2, -0.15) is 0 Å². The highest BCUT2D eigenvalue weighted by molar-refractivity contribution is 7.13. The molecule has 1 fully saturated rings. The van der Waals surface area contributed by atoms with Gasteiger partial charge in [-0.15, -0.1) is 0 Å². The van der Waals surface area contributed by atoms with Crippen molar-refractivity contribution in [2.75, 3.05) is 13.2 Å². The van der Waals surface area contributed by atoms with Crippen LogP contribution < -0.4 is 5.32 Å². The number of rotatable bonds is 6. The highest BCUT2D eigenvalue weighted by Crippen LogP contribution is 2.35. The number of nitrogens with one attached hydrogen (secondary N) is 1. The summed E-state index contributed by atoms with van der Waals surface area (Å²) >= 11 is 1.16. The van der Waals surface area contributed by atoms with Crippen LogP contribution in [0.1, 0.15) is 37.7 Å². The molecule has 1 aliphatic rings. The van der Waals surface area contributed by atoms with E-state index in [0.29, 0.717) is 6.54 Å². The molecule has 0 aliphatic heterocycles. The van der Waals surface area contributed by atoms with E-state index in [2.05, 4.69) is 5.32 Å². The molecule has 1 heterocycles. The standard InChI is InChI=1S/C13H20N2O3S/c16-10-13(4-2-1-3-5-13)9-14-7-11-6-12(15(17)18)19-8-11/h6,8,14,16H,1-5,7,9-10H2. The Morgan fingerprint density at radius 1 is 1.42 bits per heavy atom. The van der Waals surface area contributed by atoms with Gasteiger partial charge in [0.25, 0.3) is 0 Å². The number of hydrogen-bond acceptors (Lipinski definition) is 5. The van der Waals surface area contributed by atoms with Crippen LogP contribution in [-0.4, -0.2) is 23.2 Å². The summed E-state index contributed by atoms with van der Waals surface area (Å²) in [7, 11) is 0. The van der Waals surface area contributed by atoms with Gasteiger partial charge in [-0.05, 0) is 18.4 Å². The van der Waals surface area contributed by atoms with Gasteiger partial charge in [0.15, 0.2) is 0 Å². The SMILES string of the molecule is O=[N+]([O-])c1cc(CNCC2(CO)CCCCC2)cs1. The van der Waals surface area contributed by atoms with Crippen LogP contribution in [0.15, 0.2) is 11.4 Å². The molecule has 5 nitrogen and oxygen atoms in total. The first kappa shape index (κ1) is 14.4. The maximum absolute atomic E-state index is 10.6. The van der Waals surface area contributed by atoms with Gasteiger partial charge >= 0.3 is 5.00 Å². The molecule has 0 spiro atoms. The molecule has 0 bridgehead atoms. The molecule has 1 aliphatic carbocycles. The van der Waals surface area contributed by atoms with Gasteiger partial charge < -0.3 is 10.4 Å². The van der Waals surface area contributed by atoms with Crippen molar-refractivity contribution in [1.82, 2.24) is 5.32 Å². The normalized spacial score (nSPS) is 18.4. The van der Waals surface area contributed by atoms with E-state index in [-0.39, 0.29) is 21.9 Å². The van der Waals surface area contributed by atoms with E-state index in [4.69, 9.17) is 0 Å². The van der Waals surface area contributed by atoms with Gasteiger partial charge in [0.1, 0.15) is 0 Å². The van der Waals surface area contributed by atoms with Gasteiger partial charge in [0, 0.05) is 36.6 Å². The lowest BCUT2D eigenvalue weighted by Gasteiger charge is -2.35. The molecule has 6 heteroatoms. The second-order valence-electron chi connectivity index (χ2n) is 5.37. The van der Waals surface area contributed by atoms with Crippen LogP contribution in [-0.2, 0) is 6.54 Å². The Labute approximate surface area is 116 Å². The second kappa shape index (κ2) is 6.45. The smallest absolute Gasteiger partial charge is 0.324 e. The predicted octanol–water partition coefficient (Wildman–Crippen LogP) is 2.69. The fourth-order valence-electron chi connectivity index (χ4n) is 2.72. The number of nitro groups is 1. The molecule has 0 atom stereocenters. The molecule has 2 N–H and O–H groups in total. The number of thiophene rings is 1. The van der Waals surface area contributed by atoms with E-state index in [1.54, 1.807) is 6.07 Å². The van der Waals surface area contributed by atoms with E-state index in [1.807, 2.05) is 5.38 Å². The number of hydrogen-bond donors (Lipinski definition) is 2. The Kier molecular flexibility index (Phi) is 4.90. The van der Waals surface area contributed by atoms with Crippen LogP contribution in [0.25, 0.3) is 0 Å². The molecule has 1 aromatic rings. The molecule has 0 amide bonds. The fourth-order valence-corrected chi connectivity index (χ4v) is 3.44. The Morgan fingerprint density at radius 3 is 2.74 bits per heavy atom. The van der Waals surface area contributed by atoms with Crippen molar-refractivity contribution in [2.24, 2.45) is 5.41 Å². The Morgan fingerprint density at radius 2 is 2.16 bits per heavy atom. The third-order valence-electron chi connectivity index (χ3n) is 3.90. The quantitative estimate of drug-likeness (QED) is 0.622. The third-order valence-corrected chi connectivity index (χ3v) is 4.83. The first-order valence-electron chi connectivity index (χ1n) is 6.69. The van der Waals surface area contributed by atoms with Crippen molar-refractivity contribution in [3.63, 3.8) is 0 Å². The molecule has 0 aromatic carbocycles. The molecular weight excluding hydrogens is 264 g/mol. The van der Waals surface area contributed by atoms with Gasteiger partial charge in [-0.1, -0.05) is 30.6 Å². The van der Waals surface area contributed by atoms with Crippen LogP contribution in [0, 0.1) is 15.5 Å². The zero-order chi connectivity index (χ0) is 13.7. The van der Waals surface area contributed by atoms with E-state index in [0.717, 1.165) is 36.3 Å². The zero-order valence-electron chi connectivity index (χ0n) is 10.9. The molecule has 19 heavy (non-hydrogen) atoms. The van der Waals surface area contributed by atoms with Crippen LogP contribution in [0.4, 0.5) is 5.00 Å². The van der Waals surface area contributed by atoms with Crippen LogP contribution >= 0.6 is 11.3 Å². The van der Waals surface area contributed by atoms with Crippen molar-refractivity contribution in [3.8, 4) is 0 Å². The first-order chi connectivity index (χ1) is 9.15. The third kappa shape index (κ3) is 3.75. The Balaban J connectivity index is 1.82. The summed E-state index contributed by atoms with van der Waals surface area (Å²) in [6, 6.07) is 1.62. The van der Waals surface area contributed by atoms with Gasteiger partial charge in [0.05, 0.1) is 4.92 Å². The molecule has 2 rings (SSSR count).